The first kappa shape index (κ1) is 25.7. The Labute approximate surface area is 222 Å². The van der Waals surface area contributed by atoms with Crippen LogP contribution in [-0.2, 0) is 14.8 Å². The zero-order chi connectivity index (χ0) is 27.2. The lowest BCUT2D eigenvalue weighted by molar-refractivity contribution is -0.108. The number of carbonyl (C=O) groups is 1. The highest BCUT2D eigenvalue weighted by Gasteiger charge is 2.76. The summed E-state index contributed by atoms with van der Waals surface area (Å²) in [5.74, 6) is -1.52. The third kappa shape index (κ3) is 3.43. The van der Waals surface area contributed by atoms with Crippen LogP contribution in [0.5, 0.6) is 0 Å². The van der Waals surface area contributed by atoms with Gasteiger partial charge in [-0.05, 0) is 56.0 Å². The van der Waals surface area contributed by atoms with Crippen molar-refractivity contribution < 1.29 is 27.4 Å². The minimum atomic E-state index is -3.91. The Balaban J connectivity index is 1.45. The van der Waals surface area contributed by atoms with E-state index in [1.807, 2.05) is 20.8 Å². The third-order valence-electron chi connectivity index (χ3n) is 9.46. The van der Waals surface area contributed by atoms with Crippen LogP contribution < -0.4 is 5.73 Å². The highest BCUT2D eigenvalue weighted by molar-refractivity contribution is 7.89. The number of nitrogen functional groups attached to an aromatic ring is 1. The molecule has 10 heteroatoms. The first-order chi connectivity index (χ1) is 17.9. The van der Waals surface area contributed by atoms with Gasteiger partial charge in [-0.1, -0.05) is 31.5 Å². The maximum atomic E-state index is 14.2. The molecule has 8 nitrogen and oxygen atoms in total. The minimum absolute atomic E-state index is 0.0512. The first-order valence-electron chi connectivity index (χ1n) is 13.2. The quantitative estimate of drug-likeness (QED) is 0.574. The third-order valence-corrected chi connectivity index (χ3v) is 11.4. The highest BCUT2D eigenvalue weighted by Crippen LogP contribution is 2.64. The van der Waals surface area contributed by atoms with Gasteiger partial charge in [0.2, 0.25) is 10.0 Å². The summed E-state index contributed by atoms with van der Waals surface area (Å²) in [5.41, 5.74) is 5.47. The average Bonchev–Trinajstić information content (AvgIpc) is 3.28. The smallest absolute Gasteiger partial charge is 0.256 e. The predicted octanol–water partition coefficient (Wildman–Crippen LogP) is 2.80. The number of nitrogens with two attached hydrogens (primary N) is 1. The zero-order valence-electron chi connectivity index (χ0n) is 21.8. The number of nitrogens with zero attached hydrogens (tertiary/aromatic N) is 2. The molecule has 3 heterocycles. The van der Waals surface area contributed by atoms with Crippen LogP contribution in [0.2, 0.25) is 0 Å². The van der Waals surface area contributed by atoms with Gasteiger partial charge in [0, 0.05) is 36.2 Å². The Morgan fingerprint density at radius 3 is 2.55 bits per heavy atom. The summed E-state index contributed by atoms with van der Waals surface area (Å²) in [6.45, 7) is 6.50. The molecule has 6 atom stereocenters. The van der Waals surface area contributed by atoms with Gasteiger partial charge in [-0.25, -0.2) is 12.8 Å². The van der Waals surface area contributed by atoms with Crippen LogP contribution in [0.15, 0.2) is 47.4 Å². The second-order valence-corrected chi connectivity index (χ2v) is 13.6. The Bertz CT molecular complexity index is 1400. The molecular weight excluding hydrogens is 509 g/mol. The Hall–Kier alpha value is -2.53. The van der Waals surface area contributed by atoms with Crippen LogP contribution >= 0.6 is 0 Å². The summed E-state index contributed by atoms with van der Waals surface area (Å²) in [5, 5.41) is 11.2. The SMILES string of the molecule is Cc1ccc(S(=O)(=O)N2C[C@@]34CN(C(=O)c5ccc(F)cc5N)C[C@@H](O3)[C@@H]3[C@H]4[C@@]2(C(C)C)CC[C@@H]3O)cc1. The van der Waals surface area contributed by atoms with Gasteiger partial charge >= 0.3 is 0 Å². The number of aryl methyl sites for hydroxylation is 1. The minimum Gasteiger partial charge on any atom is -0.398 e. The van der Waals surface area contributed by atoms with Crippen molar-refractivity contribution >= 4 is 21.6 Å². The molecule has 4 aliphatic rings. The molecule has 3 saturated heterocycles. The fourth-order valence-electron chi connectivity index (χ4n) is 7.90. The summed E-state index contributed by atoms with van der Waals surface area (Å²) in [7, 11) is -3.91. The van der Waals surface area contributed by atoms with Gasteiger partial charge in [0.15, 0.2) is 0 Å². The normalized spacial score (nSPS) is 34.5. The van der Waals surface area contributed by atoms with Gasteiger partial charge < -0.3 is 20.5 Å². The van der Waals surface area contributed by atoms with Crippen LogP contribution in [0.1, 0.15) is 42.6 Å². The van der Waals surface area contributed by atoms with E-state index in [0.717, 1.165) is 11.6 Å². The molecular formula is C28H34FN3O5S. The van der Waals surface area contributed by atoms with E-state index in [9.17, 15) is 22.7 Å². The lowest BCUT2D eigenvalue weighted by atomic mass is 9.59. The predicted molar refractivity (Wildman–Crippen MR) is 139 cm³/mol. The molecule has 2 aromatic rings. The zero-order valence-corrected chi connectivity index (χ0v) is 22.6. The largest absolute Gasteiger partial charge is 0.398 e. The molecule has 0 aromatic heterocycles. The van der Waals surface area contributed by atoms with Gasteiger partial charge in [0.25, 0.3) is 5.91 Å². The number of carbonyl (C=O) groups excluding carboxylic acids is 1. The van der Waals surface area contributed by atoms with Crippen molar-refractivity contribution in [1.29, 1.82) is 0 Å². The molecule has 0 unspecified atom stereocenters. The van der Waals surface area contributed by atoms with Crippen molar-refractivity contribution in [1.82, 2.24) is 9.21 Å². The number of aliphatic hydroxyl groups is 1. The molecule has 1 amide bonds. The molecule has 3 N–H and O–H groups in total. The number of halogens is 1. The average molecular weight is 544 g/mol. The van der Waals surface area contributed by atoms with Crippen LogP contribution in [-0.4, -0.2) is 71.6 Å². The molecule has 204 valence electrons. The van der Waals surface area contributed by atoms with Crippen molar-refractivity contribution in [3.63, 3.8) is 0 Å². The molecule has 4 fully saturated rings. The summed E-state index contributed by atoms with van der Waals surface area (Å²) in [6.07, 6.45) is -0.133. The number of aliphatic hydroxyl groups excluding tert-OH is 1. The van der Waals surface area contributed by atoms with Gasteiger partial charge in [-0.15, -0.1) is 0 Å². The number of rotatable bonds is 4. The van der Waals surface area contributed by atoms with Gasteiger partial charge in [-0.3, -0.25) is 4.79 Å². The molecule has 3 aliphatic heterocycles. The number of sulfonamides is 1. The molecule has 6 rings (SSSR count). The highest BCUT2D eigenvalue weighted by atomic mass is 32.2. The van der Waals surface area contributed by atoms with E-state index < -0.39 is 39.2 Å². The Kier molecular flexibility index (Phi) is 5.74. The van der Waals surface area contributed by atoms with Crippen LogP contribution in [0, 0.1) is 30.5 Å². The second-order valence-electron chi connectivity index (χ2n) is 11.8. The van der Waals surface area contributed by atoms with Crippen molar-refractivity contribution in [2.24, 2.45) is 17.8 Å². The standard InChI is InChI=1S/C28H34FN3O5S/c1-16(2)28-11-10-22(33)24-23-13-31(26(34)20-9-6-18(29)12-21(20)30)14-27(37-23,25(24)28)15-32(28)38(35,36)19-7-4-17(3)5-8-19/h4-9,12,16,22-25,33H,10-11,13-15,30H2,1-3H3/t22-,23+,24+,25+,27+,28-/m0/s1. The molecule has 1 aliphatic carbocycles. The molecule has 0 radical (unpaired) electrons. The van der Waals surface area contributed by atoms with Crippen LogP contribution in [0.25, 0.3) is 0 Å². The van der Waals surface area contributed by atoms with E-state index in [2.05, 4.69) is 0 Å². The summed E-state index contributed by atoms with van der Waals surface area (Å²) in [4.78, 5) is 15.5. The number of amides is 1. The van der Waals surface area contributed by atoms with E-state index in [4.69, 9.17) is 10.5 Å². The van der Waals surface area contributed by atoms with Crippen molar-refractivity contribution in [3.05, 3.63) is 59.4 Å². The molecule has 2 bridgehead atoms. The van der Waals surface area contributed by atoms with Crippen molar-refractivity contribution in [2.45, 2.75) is 61.9 Å². The van der Waals surface area contributed by atoms with Crippen LogP contribution in [0.4, 0.5) is 10.1 Å². The molecule has 1 saturated carbocycles. The van der Waals surface area contributed by atoms with E-state index in [1.54, 1.807) is 33.5 Å². The van der Waals surface area contributed by atoms with Gasteiger partial charge in [-0.2, -0.15) is 4.31 Å². The van der Waals surface area contributed by atoms with Crippen molar-refractivity contribution in [2.75, 3.05) is 25.4 Å². The number of fused-ring (bicyclic) bond motifs is 2. The fourth-order valence-corrected chi connectivity index (χ4v) is 9.88. The summed E-state index contributed by atoms with van der Waals surface area (Å²) in [6, 6.07) is 10.6. The number of hydrogen-bond acceptors (Lipinski definition) is 6. The lowest BCUT2D eigenvalue weighted by Gasteiger charge is -2.51. The van der Waals surface area contributed by atoms with Crippen LogP contribution in [0.3, 0.4) is 0 Å². The van der Waals surface area contributed by atoms with E-state index in [0.29, 0.717) is 12.8 Å². The fraction of sp³-hybridized carbons (Fsp3) is 0.536. The molecule has 1 spiro atoms. The van der Waals surface area contributed by atoms with E-state index in [1.165, 1.54) is 12.1 Å². The number of anilines is 1. The number of likely N-dealkylation sites (tertiary alicyclic amines) is 1. The van der Waals surface area contributed by atoms with Gasteiger partial charge in [0.1, 0.15) is 11.4 Å². The van der Waals surface area contributed by atoms with E-state index >= 15 is 0 Å². The number of hydrogen-bond donors (Lipinski definition) is 2. The first-order valence-corrected chi connectivity index (χ1v) is 14.6. The van der Waals surface area contributed by atoms with Gasteiger partial charge in [0.05, 0.1) is 29.2 Å². The maximum Gasteiger partial charge on any atom is 0.256 e. The van der Waals surface area contributed by atoms with E-state index in [-0.39, 0.29) is 59.4 Å². The number of ether oxygens (including phenoxy) is 1. The molecule has 38 heavy (non-hydrogen) atoms. The number of benzene rings is 2. The monoisotopic (exact) mass is 543 g/mol. The summed E-state index contributed by atoms with van der Waals surface area (Å²) < 4.78 is 50.4. The Morgan fingerprint density at radius 2 is 1.89 bits per heavy atom. The Morgan fingerprint density at radius 1 is 1.18 bits per heavy atom. The molecule has 2 aromatic carbocycles. The summed E-state index contributed by atoms with van der Waals surface area (Å²) >= 11 is 0. The topological polar surface area (TPSA) is 113 Å². The van der Waals surface area contributed by atoms with Crippen molar-refractivity contribution in [3.8, 4) is 0 Å². The lowest BCUT2D eigenvalue weighted by Crippen LogP contribution is -2.61. The maximum absolute atomic E-state index is 14.2. The second kappa shape index (κ2) is 8.48. The number of morpholine rings is 1.